The second kappa shape index (κ2) is 4.68. The van der Waals surface area contributed by atoms with Crippen LogP contribution in [0.15, 0.2) is 3.79 Å². The zero-order valence-electron chi connectivity index (χ0n) is 9.57. The highest BCUT2D eigenvalue weighted by molar-refractivity contribution is 9.11. The monoisotopic (exact) mass is 307 g/mol. The van der Waals surface area contributed by atoms with E-state index in [9.17, 15) is 4.79 Å². The number of ether oxygens (including phenoxy) is 1. The average Bonchev–Trinajstić information content (AvgIpc) is 2.43. The molecule has 7 heteroatoms. The third-order valence-corrected chi connectivity index (χ3v) is 3.53. The molecular weight excluding hydrogens is 294 g/mol. The Morgan fingerprint density at radius 1 is 1.56 bits per heavy atom. The predicted molar refractivity (Wildman–Crippen MR) is 67.5 cm³/mol. The van der Waals surface area contributed by atoms with E-state index < -0.39 is 11.7 Å². The minimum Gasteiger partial charge on any atom is -0.442 e. The van der Waals surface area contributed by atoms with Gasteiger partial charge in [-0.1, -0.05) is 11.3 Å². The topological polar surface area (TPSA) is 68.5 Å². The summed E-state index contributed by atoms with van der Waals surface area (Å²) >= 11 is 4.60. The van der Waals surface area contributed by atoms with Crippen molar-refractivity contribution in [3.05, 3.63) is 9.48 Å². The first-order chi connectivity index (χ1) is 7.20. The van der Waals surface area contributed by atoms with Crippen molar-refractivity contribution in [1.29, 1.82) is 0 Å². The molecule has 0 saturated heterocycles. The lowest BCUT2D eigenvalue weighted by Crippen LogP contribution is -2.41. The molecule has 1 aromatic rings. The molecule has 0 aliphatic carbocycles. The van der Waals surface area contributed by atoms with Gasteiger partial charge < -0.3 is 4.74 Å². The summed E-state index contributed by atoms with van der Waals surface area (Å²) in [4.78, 5) is 15.7. The van der Waals surface area contributed by atoms with Crippen molar-refractivity contribution in [1.82, 2.24) is 4.98 Å². The maximum absolute atomic E-state index is 11.6. The third-order valence-electron chi connectivity index (χ3n) is 1.52. The fourth-order valence-corrected chi connectivity index (χ4v) is 2.09. The number of nitrogens with zero attached hydrogens (tertiary/aromatic N) is 2. The number of carbonyl (C=O) groups excluding carboxylic acids is 1. The fraction of sp³-hybridized carbons (Fsp3) is 0.556. The molecule has 1 aromatic heterocycles. The molecule has 0 radical (unpaired) electrons. The summed E-state index contributed by atoms with van der Waals surface area (Å²) < 4.78 is 5.97. The number of amides is 1. The first kappa shape index (κ1) is 13.4. The van der Waals surface area contributed by atoms with Crippen molar-refractivity contribution in [2.24, 2.45) is 5.84 Å². The zero-order valence-corrected chi connectivity index (χ0v) is 12.0. The van der Waals surface area contributed by atoms with Crippen LogP contribution in [0.2, 0.25) is 0 Å². The van der Waals surface area contributed by atoms with E-state index in [1.54, 1.807) is 20.8 Å². The molecule has 0 atom stereocenters. The highest BCUT2D eigenvalue weighted by Gasteiger charge is 2.23. The number of aryl methyl sites for hydroxylation is 1. The Morgan fingerprint density at radius 2 is 2.12 bits per heavy atom. The molecule has 0 aliphatic rings. The molecule has 0 spiro atoms. The smallest absolute Gasteiger partial charge is 0.431 e. The van der Waals surface area contributed by atoms with E-state index in [0.29, 0.717) is 5.13 Å². The number of hydrogen-bond donors (Lipinski definition) is 1. The Bertz CT molecular complexity index is 380. The van der Waals surface area contributed by atoms with Gasteiger partial charge in [0.2, 0.25) is 5.13 Å². The molecule has 0 aliphatic heterocycles. The number of hydrazine groups is 1. The number of anilines is 1. The lowest BCUT2D eigenvalue weighted by atomic mass is 10.2. The number of hydrogen-bond acceptors (Lipinski definition) is 5. The van der Waals surface area contributed by atoms with Gasteiger partial charge in [-0.05, 0) is 43.6 Å². The Hall–Kier alpha value is -0.660. The number of carbonyl (C=O) groups is 1. The minimum absolute atomic E-state index is 0.402. The van der Waals surface area contributed by atoms with Crippen LogP contribution in [0.5, 0.6) is 0 Å². The summed E-state index contributed by atoms with van der Waals surface area (Å²) in [5, 5.41) is 1.31. The van der Waals surface area contributed by atoms with Gasteiger partial charge in [0.15, 0.2) is 0 Å². The maximum atomic E-state index is 11.6. The molecule has 2 N–H and O–H groups in total. The molecule has 1 amide bonds. The summed E-state index contributed by atoms with van der Waals surface area (Å²) in [5.41, 5.74) is 0.220. The summed E-state index contributed by atoms with van der Waals surface area (Å²) in [5.74, 6) is 5.61. The Kier molecular flexibility index (Phi) is 3.92. The molecule has 5 nitrogen and oxygen atoms in total. The van der Waals surface area contributed by atoms with Crippen molar-refractivity contribution in [2.45, 2.75) is 33.3 Å². The molecule has 16 heavy (non-hydrogen) atoms. The van der Waals surface area contributed by atoms with Crippen LogP contribution in [0.4, 0.5) is 9.93 Å². The maximum Gasteiger partial charge on any atom is 0.431 e. The molecule has 0 bridgehead atoms. The summed E-state index contributed by atoms with van der Waals surface area (Å²) in [6.07, 6.45) is -0.617. The van der Waals surface area contributed by atoms with Crippen LogP contribution in [-0.4, -0.2) is 16.7 Å². The predicted octanol–water partition coefficient (Wildman–Crippen LogP) is 2.83. The van der Waals surface area contributed by atoms with Crippen LogP contribution < -0.4 is 10.9 Å². The molecule has 0 aromatic carbocycles. The number of nitrogens with two attached hydrogens (primary N) is 1. The minimum atomic E-state index is -0.617. The van der Waals surface area contributed by atoms with Crippen LogP contribution in [0.3, 0.4) is 0 Å². The van der Waals surface area contributed by atoms with E-state index in [-0.39, 0.29) is 0 Å². The summed E-state index contributed by atoms with van der Waals surface area (Å²) in [6, 6.07) is 0. The van der Waals surface area contributed by atoms with Crippen LogP contribution >= 0.6 is 27.3 Å². The normalized spacial score (nSPS) is 11.4. The largest absolute Gasteiger partial charge is 0.442 e. The number of thiazole rings is 1. The third kappa shape index (κ3) is 3.43. The van der Waals surface area contributed by atoms with Gasteiger partial charge >= 0.3 is 6.09 Å². The highest BCUT2D eigenvalue weighted by Crippen LogP contribution is 2.29. The first-order valence-electron chi connectivity index (χ1n) is 4.61. The van der Waals surface area contributed by atoms with Gasteiger partial charge in [-0.25, -0.2) is 15.6 Å². The van der Waals surface area contributed by atoms with Crippen molar-refractivity contribution < 1.29 is 9.53 Å². The molecule has 0 unspecified atom stereocenters. The second-order valence-corrected chi connectivity index (χ2v) is 6.50. The lowest BCUT2D eigenvalue weighted by Gasteiger charge is -2.22. The lowest BCUT2D eigenvalue weighted by molar-refractivity contribution is 0.0580. The SMILES string of the molecule is Cc1nc(N(N)C(=O)OC(C)(C)C)sc1Br. The average molecular weight is 308 g/mol. The Labute approximate surface area is 107 Å². The van der Waals surface area contributed by atoms with Gasteiger partial charge in [-0.2, -0.15) is 5.01 Å². The Balaban J connectivity index is 2.78. The van der Waals surface area contributed by atoms with Crippen molar-refractivity contribution in [3.8, 4) is 0 Å². The highest BCUT2D eigenvalue weighted by atomic mass is 79.9. The molecule has 1 heterocycles. The van der Waals surface area contributed by atoms with Crippen molar-refractivity contribution >= 4 is 38.5 Å². The van der Waals surface area contributed by atoms with Crippen LogP contribution in [-0.2, 0) is 4.74 Å². The van der Waals surface area contributed by atoms with Crippen molar-refractivity contribution in [2.75, 3.05) is 5.01 Å². The summed E-state index contributed by atoms with van der Waals surface area (Å²) in [6.45, 7) is 7.16. The Morgan fingerprint density at radius 3 is 2.50 bits per heavy atom. The van der Waals surface area contributed by atoms with Crippen LogP contribution in [0.25, 0.3) is 0 Å². The standard InChI is InChI=1S/C9H14BrN3O2S/c1-5-6(10)16-7(12-5)13(11)8(14)15-9(2,3)4/h11H2,1-4H3. The molecule has 1 rings (SSSR count). The van der Waals surface area contributed by atoms with Crippen LogP contribution in [0, 0.1) is 6.92 Å². The quantitative estimate of drug-likeness (QED) is 0.492. The van der Waals surface area contributed by atoms with E-state index in [4.69, 9.17) is 10.6 Å². The molecule has 0 saturated carbocycles. The number of rotatable bonds is 1. The first-order valence-corrected chi connectivity index (χ1v) is 6.22. The van der Waals surface area contributed by atoms with Crippen molar-refractivity contribution in [3.63, 3.8) is 0 Å². The van der Waals surface area contributed by atoms with E-state index in [2.05, 4.69) is 20.9 Å². The number of aromatic nitrogens is 1. The fourth-order valence-electron chi connectivity index (χ4n) is 0.856. The van der Waals surface area contributed by atoms with E-state index in [0.717, 1.165) is 14.5 Å². The molecule has 0 fully saturated rings. The van der Waals surface area contributed by atoms with Gasteiger partial charge in [0.25, 0.3) is 0 Å². The van der Waals surface area contributed by atoms with Gasteiger partial charge in [-0.15, -0.1) is 0 Å². The van der Waals surface area contributed by atoms with E-state index >= 15 is 0 Å². The molecular formula is C9H14BrN3O2S. The van der Waals surface area contributed by atoms with Gasteiger partial charge in [-0.3, -0.25) is 0 Å². The van der Waals surface area contributed by atoms with Gasteiger partial charge in [0.05, 0.1) is 9.48 Å². The number of halogens is 1. The van der Waals surface area contributed by atoms with E-state index in [1.165, 1.54) is 11.3 Å². The second-order valence-electron chi connectivity index (χ2n) is 4.21. The van der Waals surface area contributed by atoms with Gasteiger partial charge in [0, 0.05) is 0 Å². The molecule has 90 valence electrons. The van der Waals surface area contributed by atoms with E-state index in [1.807, 2.05) is 6.92 Å². The zero-order chi connectivity index (χ0) is 12.5. The van der Waals surface area contributed by atoms with Crippen LogP contribution in [0.1, 0.15) is 26.5 Å². The summed E-state index contributed by atoms with van der Waals surface area (Å²) in [7, 11) is 0. The van der Waals surface area contributed by atoms with Gasteiger partial charge in [0.1, 0.15) is 5.60 Å².